The summed E-state index contributed by atoms with van der Waals surface area (Å²) in [6.07, 6.45) is -1.30. The number of amides is 2. The Kier molecular flexibility index (Phi) is 6.55. The zero-order valence-corrected chi connectivity index (χ0v) is 18.1. The molecule has 3 aromatic carbocycles. The Morgan fingerprint density at radius 2 is 1.73 bits per heavy atom. The fraction of sp³-hybridized carbons (Fsp3) is 0.120. The van der Waals surface area contributed by atoms with Crippen molar-refractivity contribution in [3.63, 3.8) is 0 Å². The van der Waals surface area contributed by atoms with Gasteiger partial charge in [0.15, 0.2) is 0 Å². The minimum Gasteiger partial charge on any atom is -0.323 e. The maximum atomic E-state index is 12.9. The monoisotopic (exact) mass is 468 g/mol. The van der Waals surface area contributed by atoms with Crippen LogP contribution in [0, 0.1) is 0 Å². The molecule has 168 valence electrons. The minimum atomic E-state index is -4.44. The third-order valence-corrected chi connectivity index (χ3v) is 6.22. The van der Waals surface area contributed by atoms with E-state index in [1.165, 1.54) is 34.9 Å². The Morgan fingerprint density at radius 3 is 2.42 bits per heavy atom. The Balaban J connectivity index is 1.51. The molecule has 0 saturated carbocycles. The van der Waals surface area contributed by atoms with E-state index in [0.717, 1.165) is 23.3 Å². The van der Waals surface area contributed by atoms with Crippen molar-refractivity contribution in [2.75, 3.05) is 16.0 Å². The van der Waals surface area contributed by atoms with Gasteiger partial charge in [-0.1, -0.05) is 42.5 Å². The summed E-state index contributed by atoms with van der Waals surface area (Å²) in [4.78, 5) is 26.3. The van der Waals surface area contributed by atoms with Crippen molar-refractivity contribution >= 4 is 41.0 Å². The topological polar surface area (TPSA) is 49.4 Å². The van der Waals surface area contributed by atoms with Crippen molar-refractivity contribution in [3.05, 3.63) is 102 Å². The third kappa shape index (κ3) is 5.46. The maximum Gasteiger partial charge on any atom is 0.416 e. The van der Waals surface area contributed by atoms with Gasteiger partial charge in [0.05, 0.1) is 11.3 Å². The molecule has 0 aliphatic carbocycles. The highest BCUT2D eigenvalue weighted by atomic mass is 32.2. The molecule has 1 atom stereocenters. The molecule has 4 nitrogen and oxygen atoms in total. The lowest BCUT2D eigenvalue weighted by Crippen LogP contribution is -2.28. The average molecular weight is 469 g/mol. The molecule has 8 heteroatoms. The predicted octanol–water partition coefficient (Wildman–Crippen LogP) is 6.14. The molecule has 1 aliphatic heterocycles. The maximum absolute atomic E-state index is 12.9. The highest BCUT2D eigenvalue weighted by molar-refractivity contribution is 8.00. The molecule has 3 aromatic rings. The zero-order chi connectivity index (χ0) is 23.4. The first-order valence-corrected chi connectivity index (χ1v) is 11.1. The third-order valence-electron chi connectivity index (χ3n) is 5.01. The van der Waals surface area contributed by atoms with E-state index in [-0.39, 0.29) is 17.6 Å². The van der Waals surface area contributed by atoms with Crippen LogP contribution in [0.3, 0.4) is 0 Å². The standard InChI is InChI=1S/C25H19F3N2O2S/c26-25(27,28)19-10-12-21(13-11-19)30-23(32)16-33-24(30)18-7-4-8-20(15-18)29-22(31)14-9-17-5-2-1-3-6-17/h1-15,24H,16H2,(H,29,31). The van der Waals surface area contributed by atoms with Crippen molar-refractivity contribution in [1.29, 1.82) is 0 Å². The number of alkyl halides is 3. The van der Waals surface area contributed by atoms with Crippen LogP contribution in [0.1, 0.15) is 22.1 Å². The number of hydrogen-bond acceptors (Lipinski definition) is 3. The summed E-state index contributed by atoms with van der Waals surface area (Å²) in [7, 11) is 0. The highest BCUT2D eigenvalue weighted by Crippen LogP contribution is 2.43. The van der Waals surface area contributed by atoms with Crippen LogP contribution in [0.25, 0.3) is 6.08 Å². The Labute approximate surface area is 193 Å². The number of anilines is 2. The van der Waals surface area contributed by atoms with E-state index in [0.29, 0.717) is 11.4 Å². The Bertz CT molecular complexity index is 1180. The number of halogens is 3. The normalized spacial score (nSPS) is 16.4. The van der Waals surface area contributed by atoms with Crippen LogP contribution in [0.2, 0.25) is 0 Å². The van der Waals surface area contributed by atoms with Crippen molar-refractivity contribution in [2.24, 2.45) is 0 Å². The number of benzene rings is 3. The van der Waals surface area contributed by atoms with Gasteiger partial charge in [-0.15, -0.1) is 11.8 Å². The zero-order valence-electron chi connectivity index (χ0n) is 17.3. The summed E-state index contributed by atoms with van der Waals surface area (Å²) >= 11 is 1.38. The van der Waals surface area contributed by atoms with Gasteiger partial charge in [0.25, 0.3) is 0 Å². The number of thioether (sulfide) groups is 1. The first kappa shape index (κ1) is 22.7. The van der Waals surface area contributed by atoms with Gasteiger partial charge in [-0.3, -0.25) is 14.5 Å². The number of nitrogens with one attached hydrogen (secondary N) is 1. The van der Waals surface area contributed by atoms with Crippen LogP contribution in [0.4, 0.5) is 24.5 Å². The number of nitrogens with zero attached hydrogens (tertiary/aromatic N) is 1. The summed E-state index contributed by atoms with van der Waals surface area (Å²) in [5.41, 5.74) is 1.84. The molecule has 1 fully saturated rings. The number of rotatable bonds is 5. The number of carbonyl (C=O) groups excluding carboxylic acids is 2. The molecule has 0 radical (unpaired) electrons. The fourth-order valence-electron chi connectivity index (χ4n) is 3.45. The van der Waals surface area contributed by atoms with Crippen LogP contribution in [-0.2, 0) is 15.8 Å². The molecule has 0 aromatic heterocycles. The molecule has 1 heterocycles. The molecule has 33 heavy (non-hydrogen) atoms. The van der Waals surface area contributed by atoms with E-state index in [2.05, 4.69) is 5.32 Å². The second-order valence-corrected chi connectivity index (χ2v) is 8.40. The Morgan fingerprint density at radius 1 is 1.00 bits per heavy atom. The second-order valence-electron chi connectivity index (χ2n) is 7.33. The number of carbonyl (C=O) groups is 2. The lowest BCUT2D eigenvalue weighted by molar-refractivity contribution is -0.137. The van der Waals surface area contributed by atoms with E-state index in [9.17, 15) is 22.8 Å². The van der Waals surface area contributed by atoms with E-state index in [1.54, 1.807) is 24.3 Å². The molecule has 4 rings (SSSR count). The first-order valence-electron chi connectivity index (χ1n) is 10.1. The molecule has 1 N–H and O–H groups in total. The smallest absolute Gasteiger partial charge is 0.323 e. The fourth-order valence-corrected chi connectivity index (χ4v) is 4.62. The summed E-state index contributed by atoms with van der Waals surface area (Å²) in [5, 5.41) is 2.39. The largest absolute Gasteiger partial charge is 0.416 e. The first-order chi connectivity index (χ1) is 15.8. The molecule has 0 spiro atoms. The van der Waals surface area contributed by atoms with Gasteiger partial charge < -0.3 is 5.32 Å². The van der Waals surface area contributed by atoms with Gasteiger partial charge in [0, 0.05) is 17.5 Å². The summed E-state index contributed by atoms with van der Waals surface area (Å²) in [6, 6.07) is 21.1. The van der Waals surface area contributed by atoms with E-state index >= 15 is 0 Å². The van der Waals surface area contributed by atoms with Crippen LogP contribution in [0.15, 0.2) is 84.9 Å². The molecular formula is C25H19F3N2O2S. The van der Waals surface area contributed by atoms with E-state index in [1.807, 2.05) is 36.4 Å². The summed E-state index contributed by atoms with van der Waals surface area (Å²) < 4.78 is 38.7. The molecule has 1 unspecified atom stereocenters. The minimum absolute atomic E-state index is 0.190. The van der Waals surface area contributed by atoms with Gasteiger partial charge in [-0.05, 0) is 53.6 Å². The molecule has 1 saturated heterocycles. The van der Waals surface area contributed by atoms with Crippen molar-refractivity contribution in [3.8, 4) is 0 Å². The second kappa shape index (κ2) is 9.54. The van der Waals surface area contributed by atoms with Gasteiger partial charge >= 0.3 is 6.18 Å². The quantitative estimate of drug-likeness (QED) is 0.458. The summed E-state index contributed by atoms with van der Waals surface area (Å²) in [5.74, 6) is -0.280. The van der Waals surface area contributed by atoms with Gasteiger partial charge in [-0.2, -0.15) is 13.2 Å². The van der Waals surface area contributed by atoms with Gasteiger partial charge in [0.1, 0.15) is 5.37 Å². The van der Waals surface area contributed by atoms with Gasteiger partial charge in [-0.25, -0.2) is 0 Å². The molecule has 0 bridgehead atoms. The van der Waals surface area contributed by atoms with Gasteiger partial charge in [0.2, 0.25) is 11.8 Å². The van der Waals surface area contributed by atoms with E-state index in [4.69, 9.17) is 0 Å². The average Bonchev–Trinajstić information content (AvgIpc) is 3.19. The SMILES string of the molecule is O=C(C=Cc1ccccc1)Nc1cccc(C2SCC(=O)N2c2ccc(C(F)(F)F)cc2)c1. The van der Waals surface area contributed by atoms with Crippen molar-refractivity contribution < 1.29 is 22.8 Å². The van der Waals surface area contributed by atoms with Crippen molar-refractivity contribution in [1.82, 2.24) is 0 Å². The van der Waals surface area contributed by atoms with Crippen LogP contribution >= 0.6 is 11.8 Å². The van der Waals surface area contributed by atoms with E-state index < -0.39 is 17.1 Å². The Hall–Kier alpha value is -3.52. The molecular weight excluding hydrogens is 449 g/mol. The lowest BCUT2D eigenvalue weighted by Gasteiger charge is -2.25. The molecule has 1 aliphatic rings. The number of hydrogen-bond donors (Lipinski definition) is 1. The lowest BCUT2D eigenvalue weighted by atomic mass is 10.1. The summed E-state index contributed by atoms with van der Waals surface area (Å²) in [6.45, 7) is 0. The van der Waals surface area contributed by atoms with Crippen LogP contribution in [0.5, 0.6) is 0 Å². The van der Waals surface area contributed by atoms with Crippen LogP contribution in [-0.4, -0.2) is 17.6 Å². The molecule has 2 amide bonds. The van der Waals surface area contributed by atoms with Crippen LogP contribution < -0.4 is 10.2 Å². The highest BCUT2D eigenvalue weighted by Gasteiger charge is 2.35. The predicted molar refractivity (Wildman–Crippen MR) is 125 cm³/mol. The van der Waals surface area contributed by atoms with Crippen molar-refractivity contribution in [2.45, 2.75) is 11.6 Å².